The molecule has 0 bridgehead atoms. The average Bonchev–Trinajstić information content (AvgIpc) is 2.63. The highest BCUT2D eigenvalue weighted by atomic mass is 32.2. The highest BCUT2D eigenvalue weighted by Gasteiger charge is 2.14. The summed E-state index contributed by atoms with van der Waals surface area (Å²) in [7, 11) is 1.89. The molecule has 0 unspecified atom stereocenters. The van der Waals surface area contributed by atoms with Crippen LogP contribution >= 0.6 is 11.8 Å². The second kappa shape index (κ2) is 4.77. The fourth-order valence-corrected chi connectivity index (χ4v) is 2.93. The molecule has 1 heterocycles. The summed E-state index contributed by atoms with van der Waals surface area (Å²) in [6, 6.07) is 0. The Hall–Kier alpha value is -0.580. The average molecular weight is 212 g/mol. The molecule has 78 valence electrons. The maximum Gasteiger partial charge on any atom is 0.209 e. The van der Waals surface area contributed by atoms with Gasteiger partial charge in [0.2, 0.25) is 5.16 Å². The summed E-state index contributed by atoms with van der Waals surface area (Å²) in [6.45, 7) is 0. The van der Waals surface area contributed by atoms with Gasteiger partial charge in [0.05, 0.1) is 0 Å². The van der Waals surface area contributed by atoms with Crippen LogP contribution in [0.1, 0.15) is 32.1 Å². The first-order valence-electron chi connectivity index (χ1n) is 5.21. The van der Waals surface area contributed by atoms with Crippen LogP contribution < -0.4 is 0 Å². The first-order chi connectivity index (χ1) is 6.86. The largest absolute Gasteiger partial charge is 0.224 e. The molecule has 2 rings (SSSR count). The van der Waals surface area contributed by atoms with Crippen molar-refractivity contribution in [1.82, 2.24) is 20.2 Å². The lowest BCUT2D eigenvalue weighted by Crippen LogP contribution is -2.09. The predicted molar refractivity (Wildman–Crippen MR) is 56.1 cm³/mol. The molecule has 1 saturated carbocycles. The molecule has 14 heavy (non-hydrogen) atoms. The molecular weight excluding hydrogens is 196 g/mol. The van der Waals surface area contributed by atoms with Crippen LogP contribution in [0.25, 0.3) is 0 Å². The van der Waals surface area contributed by atoms with Crippen LogP contribution in [0, 0.1) is 5.92 Å². The number of hydrogen-bond acceptors (Lipinski definition) is 4. The zero-order valence-electron chi connectivity index (χ0n) is 8.52. The fourth-order valence-electron chi connectivity index (χ4n) is 1.89. The summed E-state index contributed by atoms with van der Waals surface area (Å²) < 4.78 is 1.74. The van der Waals surface area contributed by atoms with E-state index in [4.69, 9.17) is 0 Å². The van der Waals surface area contributed by atoms with Crippen molar-refractivity contribution in [3.63, 3.8) is 0 Å². The zero-order chi connectivity index (χ0) is 9.80. The Morgan fingerprint density at radius 1 is 1.36 bits per heavy atom. The van der Waals surface area contributed by atoms with Gasteiger partial charge in [-0.25, -0.2) is 4.68 Å². The Kier molecular flexibility index (Phi) is 3.39. The van der Waals surface area contributed by atoms with Gasteiger partial charge in [0.25, 0.3) is 0 Å². The third-order valence-corrected chi connectivity index (χ3v) is 4.00. The molecule has 1 aromatic heterocycles. The molecule has 5 heteroatoms. The van der Waals surface area contributed by atoms with Gasteiger partial charge in [-0.1, -0.05) is 31.0 Å². The Morgan fingerprint density at radius 2 is 2.14 bits per heavy atom. The first-order valence-corrected chi connectivity index (χ1v) is 6.20. The molecule has 0 amide bonds. The lowest BCUT2D eigenvalue weighted by atomic mass is 9.91. The van der Waals surface area contributed by atoms with Gasteiger partial charge in [-0.2, -0.15) is 0 Å². The summed E-state index contributed by atoms with van der Waals surface area (Å²) in [5.41, 5.74) is 0. The van der Waals surface area contributed by atoms with Crippen molar-refractivity contribution in [2.75, 3.05) is 5.75 Å². The maximum atomic E-state index is 3.96. The Bertz CT molecular complexity index is 280. The van der Waals surface area contributed by atoms with Crippen molar-refractivity contribution < 1.29 is 0 Å². The Labute approximate surface area is 88.5 Å². The summed E-state index contributed by atoms with van der Waals surface area (Å²) in [5, 5.41) is 12.3. The van der Waals surface area contributed by atoms with Crippen molar-refractivity contribution in [2.24, 2.45) is 13.0 Å². The van der Waals surface area contributed by atoms with Crippen molar-refractivity contribution in [2.45, 2.75) is 37.3 Å². The van der Waals surface area contributed by atoms with E-state index in [9.17, 15) is 0 Å². The lowest BCUT2D eigenvalue weighted by Gasteiger charge is -2.20. The second-order valence-corrected chi connectivity index (χ2v) is 4.89. The van der Waals surface area contributed by atoms with Crippen LogP contribution in [0.3, 0.4) is 0 Å². The SMILES string of the molecule is Cn1nnnc1SCC1CCCCC1. The van der Waals surface area contributed by atoms with Gasteiger partial charge in [0.1, 0.15) is 0 Å². The summed E-state index contributed by atoms with van der Waals surface area (Å²) in [5.74, 6) is 2.05. The normalized spacial score (nSPS) is 18.6. The van der Waals surface area contributed by atoms with E-state index < -0.39 is 0 Å². The van der Waals surface area contributed by atoms with Crippen LogP contribution in [0.15, 0.2) is 5.16 Å². The van der Waals surface area contributed by atoms with Crippen LogP contribution in [0.2, 0.25) is 0 Å². The highest BCUT2D eigenvalue weighted by molar-refractivity contribution is 7.99. The van der Waals surface area contributed by atoms with Gasteiger partial charge < -0.3 is 0 Å². The highest BCUT2D eigenvalue weighted by Crippen LogP contribution is 2.28. The number of nitrogens with zero attached hydrogens (tertiary/aromatic N) is 4. The van der Waals surface area contributed by atoms with Gasteiger partial charge in [0, 0.05) is 12.8 Å². The fraction of sp³-hybridized carbons (Fsp3) is 0.889. The van der Waals surface area contributed by atoms with Gasteiger partial charge in [-0.15, -0.1) is 5.10 Å². The predicted octanol–water partition coefficient (Wildman–Crippen LogP) is 1.88. The smallest absolute Gasteiger partial charge is 0.209 e. The van der Waals surface area contributed by atoms with E-state index in [1.807, 2.05) is 7.05 Å². The zero-order valence-corrected chi connectivity index (χ0v) is 9.33. The van der Waals surface area contributed by atoms with Gasteiger partial charge in [-0.3, -0.25) is 0 Å². The molecule has 1 aromatic rings. The van der Waals surface area contributed by atoms with Crippen molar-refractivity contribution in [3.8, 4) is 0 Å². The molecule has 1 aliphatic carbocycles. The number of tetrazole rings is 1. The first kappa shape index (κ1) is 9.96. The van der Waals surface area contributed by atoms with Crippen LogP contribution in [0.5, 0.6) is 0 Å². The van der Waals surface area contributed by atoms with E-state index in [0.717, 1.165) is 11.1 Å². The maximum absolute atomic E-state index is 3.96. The second-order valence-electron chi connectivity index (χ2n) is 3.90. The van der Waals surface area contributed by atoms with Crippen LogP contribution in [-0.4, -0.2) is 26.0 Å². The molecule has 1 fully saturated rings. The number of aryl methyl sites for hydroxylation is 1. The summed E-state index contributed by atoms with van der Waals surface area (Å²) >= 11 is 1.79. The molecule has 0 atom stereocenters. The minimum Gasteiger partial charge on any atom is -0.224 e. The standard InChI is InChI=1S/C9H16N4S/c1-13-9(10-11-12-13)14-7-8-5-3-2-4-6-8/h8H,2-7H2,1H3. The molecule has 0 N–H and O–H groups in total. The van der Waals surface area contributed by atoms with E-state index in [0.29, 0.717) is 0 Å². The van der Waals surface area contributed by atoms with Crippen LogP contribution in [-0.2, 0) is 7.05 Å². The van der Waals surface area contributed by atoms with Gasteiger partial charge >= 0.3 is 0 Å². The summed E-state index contributed by atoms with van der Waals surface area (Å²) in [4.78, 5) is 0. The molecular formula is C9H16N4S. The van der Waals surface area contributed by atoms with Crippen molar-refractivity contribution >= 4 is 11.8 Å². The Balaban J connectivity index is 1.79. The quantitative estimate of drug-likeness (QED) is 0.718. The third-order valence-electron chi connectivity index (χ3n) is 2.75. The summed E-state index contributed by atoms with van der Waals surface area (Å²) in [6.07, 6.45) is 7.01. The van der Waals surface area contributed by atoms with Crippen molar-refractivity contribution in [1.29, 1.82) is 0 Å². The number of hydrogen-bond donors (Lipinski definition) is 0. The molecule has 0 aliphatic heterocycles. The molecule has 0 radical (unpaired) electrons. The number of thioether (sulfide) groups is 1. The van der Waals surface area contributed by atoms with E-state index in [-0.39, 0.29) is 0 Å². The van der Waals surface area contributed by atoms with Gasteiger partial charge in [0.15, 0.2) is 0 Å². The van der Waals surface area contributed by atoms with E-state index in [1.165, 1.54) is 37.9 Å². The minimum atomic E-state index is 0.880. The monoisotopic (exact) mass is 212 g/mol. The Morgan fingerprint density at radius 3 is 2.79 bits per heavy atom. The molecule has 0 spiro atoms. The third kappa shape index (κ3) is 2.47. The van der Waals surface area contributed by atoms with E-state index in [1.54, 1.807) is 16.4 Å². The van der Waals surface area contributed by atoms with Crippen LogP contribution in [0.4, 0.5) is 0 Å². The van der Waals surface area contributed by atoms with Crippen molar-refractivity contribution in [3.05, 3.63) is 0 Å². The topological polar surface area (TPSA) is 43.6 Å². The minimum absolute atomic E-state index is 0.880. The van der Waals surface area contributed by atoms with E-state index in [2.05, 4.69) is 15.5 Å². The molecule has 0 aromatic carbocycles. The van der Waals surface area contributed by atoms with Gasteiger partial charge in [-0.05, 0) is 29.2 Å². The van der Waals surface area contributed by atoms with E-state index >= 15 is 0 Å². The molecule has 1 aliphatic rings. The number of aromatic nitrogens is 4. The molecule has 0 saturated heterocycles. The molecule has 4 nitrogen and oxygen atoms in total. The number of rotatable bonds is 3. The lowest BCUT2D eigenvalue weighted by molar-refractivity contribution is 0.390.